The van der Waals surface area contributed by atoms with E-state index >= 15 is 0 Å². The first-order valence-electron chi connectivity index (χ1n) is 12.9. The van der Waals surface area contributed by atoms with Gasteiger partial charge in [-0.25, -0.2) is 9.59 Å². The first kappa shape index (κ1) is 33.5. The number of amides is 2. The van der Waals surface area contributed by atoms with Crippen molar-refractivity contribution < 1.29 is 19.1 Å². The van der Waals surface area contributed by atoms with Crippen molar-refractivity contribution in [2.45, 2.75) is 88.7 Å². The van der Waals surface area contributed by atoms with Crippen LogP contribution in [0, 0.1) is 0 Å². The van der Waals surface area contributed by atoms with Crippen molar-refractivity contribution in [1.82, 2.24) is 10.6 Å². The maximum absolute atomic E-state index is 11.6. The molecule has 38 heavy (non-hydrogen) atoms. The van der Waals surface area contributed by atoms with Gasteiger partial charge in [-0.05, 0) is 62.5 Å². The van der Waals surface area contributed by atoms with Crippen LogP contribution in [0.25, 0.3) is 0 Å². The summed E-state index contributed by atoms with van der Waals surface area (Å²) in [5, 5.41) is 5.79. The molecule has 0 atom stereocenters. The first-order chi connectivity index (χ1) is 17.5. The lowest BCUT2D eigenvalue weighted by atomic mass is 9.92. The van der Waals surface area contributed by atoms with Gasteiger partial charge in [0.2, 0.25) is 0 Å². The summed E-state index contributed by atoms with van der Waals surface area (Å²) in [7, 11) is 0. The zero-order valence-electron chi connectivity index (χ0n) is 21.8. The van der Waals surface area contributed by atoms with Gasteiger partial charge in [0.05, 0.1) is 0 Å². The van der Waals surface area contributed by atoms with Gasteiger partial charge >= 0.3 is 12.2 Å². The molecule has 6 N–H and O–H groups in total. The molecule has 8 nitrogen and oxygen atoms in total. The quantitative estimate of drug-likeness (QED) is 0.378. The van der Waals surface area contributed by atoms with Crippen molar-refractivity contribution in [2.75, 3.05) is 0 Å². The van der Waals surface area contributed by atoms with E-state index < -0.39 is 0 Å². The predicted molar refractivity (Wildman–Crippen MR) is 154 cm³/mol. The van der Waals surface area contributed by atoms with E-state index in [-0.39, 0.29) is 49.1 Å². The molecule has 0 unspecified atom stereocenters. The topological polar surface area (TPSA) is 129 Å². The predicted octanol–water partition coefficient (Wildman–Crippen LogP) is 5.21. The molecule has 10 heteroatoms. The normalized spacial score (nSPS) is 22.2. The minimum absolute atomic E-state index is 0. The highest BCUT2D eigenvalue weighted by atomic mass is 35.5. The molecule has 0 bridgehead atoms. The zero-order valence-corrected chi connectivity index (χ0v) is 23.4. The Labute approximate surface area is 238 Å². The lowest BCUT2D eigenvalue weighted by Gasteiger charge is -2.26. The van der Waals surface area contributed by atoms with Gasteiger partial charge in [-0.3, -0.25) is 0 Å². The van der Waals surface area contributed by atoms with Crippen molar-refractivity contribution in [3.05, 3.63) is 71.8 Å². The van der Waals surface area contributed by atoms with Crippen LogP contribution in [0.15, 0.2) is 60.7 Å². The molecule has 2 aromatic carbocycles. The fraction of sp³-hybridized carbons (Fsp3) is 0.500. The summed E-state index contributed by atoms with van der Waals surface area (Å²) >= 11 is 0. The Morgan fingerprint density at radius 2 is 0.921 bits per heavy atom. The molecule has 2 aliphatic carbocycles. The number of nitrogens with two attached hydrogens (primary N) is 2. The number of rotatable bonds is 6. The highest BCUT2D eigenvalue weighted by molar-refractivity contribution is 5.85. The van der Waals surface area contributed by atoms with Crippen LogP contribution in [0.1, 0.15) is 62.5 Å². The van der Waals surface area contributed by atoms with Gasteiger partial charge < -0.3 is 31.6 Å². The summed E-state index contributed by atoms with van der Waals surface area (Å²) in [5.74, 6) is 0. The van der Waals surface area contributed by atoms with Gasteiger partial charge in [0.15, 0.2) is 0 Å². The van der Waals surface area contributed by atoms with E-state index in [1.807, 2.05) is 60.7 Å². The van der Waals surface area contributed by atoms with Crippen molar-refractivity contribution in [3.8, 4) is 0 Å². The minimum Gasteiger partial charge on any atom is -0.445 e. The second-order valence-corrected chi connectivity index (χ2v) is 9.64. The van der Waals surface area contributed by atoms with E-state index in [0.29, 0.717) is 25.3 Å². The monoisotopic (exact) mass is 568 g/mol. The standard InChI is InChI=1S/2C14H20N2O2.2ClH/c2*15-12-6-8-13(9-7-12)16-14(17)18-10-11-4-2-1-3-5-11;;/h2*1-5,12-13H,6-10,15H2,(H,16,17);2*1H. The summed E-state index contributed by atoms with van der Waals surface area (Å²) in [6, 6.07) is 20.4. The Bertz CT molecular complexity index is 832. The Morgan fingerprint density at radius 3 is 1.24 bits per heavy atom. The molecule has 212 valence electrons. The number of nitrogens with one attached hydrogen (secondary N) is 2. The van der Waals surface area contributed by atoms with Crippen LogP contribution in [0.4, 0.5) is 9.59 Å². The van der Waals surface area contributed by atoms with Crippen LogP contribution in [0.2, 0.25) is 0 Å². The molecule has 2 aliphatic rings. The fourth-order valence-corrected chi connectivity index (χ4v) is 4.39. The fourth-order valence-electron chi connectivity index (χ4n) is 4.39. The van der Waals surface area contributed by atoms with Crippen molar-refractivity contribution in [3.63, 3.8) is 0 Å². The molecule has 0 heterocycles. The van der Waals surface area contributed by atoms with Crippen molar-refractivity contribution >= 4 is 37.0 Å². The lowest BCUT2D eigenvalue weighted by Crippen LogP contribution is -2.40. The second-order valence-electron chi connectivity index (χ2n) is 9.64. The molecule has 4 rings (SSSR count). The lowest BCUT2D eigenvalue weighted by molar-refractivity contribution is 0.131. The number of hydrogen-bond acceptors (Lipinski definition) is 6. The first-order valence-corrected chi connectivity index (χ1v) is 12.9. The van der Waals surface area contributed by atoms with Gasteiger partial charge in [0.25, 0.3) is 0 Å². The number of ether oxygens (including phenoxy) is 2. The Hall–Kier alpha value is -2.52. The molecule has 2 amide bonds. The molecule has 0 radical (unpaired) electrons. The summed E-state index contributed by atoms with van der Waals surface area (Å²) in [5.41, 5.74) is 13.6. The van der Waals surface area contributed by atoms with E-state index in [1.165, 1.54) is 0 Å². The average Bonchev–Trinajstić information content (AvgIpc) is 2.91. The van der Waals surface area contributed by atoms with E-state index in [2.05, 4.69) is 10.6 Å². The number of benzene rings is 2. The minimum atomic E-state index is -0.334. The molecular formula is C28H42Cl2N4O4. The molecule has 2 aromatic rings. The van der Waals surface area contributed by atoms with Crippen LogP contribution in [0.3, 0.4) is 0 Å². The summed E-state index contributed by atoms with van der Waals surface area (Å²) in [6.45, 7) is 0.637. The number of carbonyl (C=O) groups is 2. The van der Waals surface area contributed by atoms with Crippen LogP contribution >= 0.6 is 24.8 Å². The summed E-state index contributed by atoms with van der Waals surface area (Å²) < 4.78 is 10.4. The van der Waals surface area contributed by atoms with Crippen LogP contribution < -0.4 is 22.1 Å². The molecule has 0 aliphatic heterocycles. The van der Waals surface area contributed by atoms with Gasteiger partial charge in [0.1, 0.15) is 13.2 Å². The average molecular weight is 570 g/mol. The van der Waals surface area contributed by atoms with Crippen molar-refractivity contribution in [2.24, 2.45) is 11.5 Å². The Kier molecular flexibility index (Phi) is 16.5. The van der Waals surface area contributed by atoms with Crippen LogP contribution in [-0.4, -0.2) is 36.4 Å². The van der Waals surface area contributed by atoms with E-state index in [4.69, 9.17) is 20.9 Å². The second kappa shape index (κ2) is 18.7. The van der Waals surface area contributed by atoms with Gasteiger partial charge in [-0.15, -0.1) is 24.8 Å². The number of carbonyl (C=O) groups excluding carboxylic acids is 2. The largest absolute Gasteiger partial charge is 0.445 e. The maximum Gasteiger partial charge on any atom is 0.407 e. The number of halogens is 2. The number of alkyl carbamates (subject to hydrolysis) is 2. The molecule has 0 spiro atoms. The molecule has 2 fully saturated rings. The van der Waals surface area contributed by atoms with Gasteiger partial charge in [-0.2, -0.15) is 0 Å². The van der Waals surface area contributed by atoms with E-state index in [9.17, 15) is 9.59 Å². The highest BCUT2D eigenvalue weighted by Gasteiger charge is 2.21. The van der Waals surface area contributed by atoms with Gasteiger partial charge in [-0.1, -0.05) is 60.7 Å². The maximum atomic E-state index is 11.6. The zero-order chi connectivity index (χ0) is 25.6. The van der Waals surface area contributed by atoms with E-state index in [1.54, 1.807) is 0 Å². The molecular weight excluding hydrogens is 527 g/mol. The van der Waals surface area contributed by atoms with Gasteiger partial charge in [0, 0.05) is 24.2 Å². The third kappa shape index (κ3) is 13.3. The van der Waals surface area contributed by atoms with E-state index in [0.717, 1.165) is 62.5 Å². The Balaban J connectivity index is 0.000000361. The Morgan fingerprint density at radius 1 is 0.605 bits per heavy atom. The summed E-state index contributed by atoms with van der Waals surface area (Å²) in [4.78, 5) is 23.2. The third-order valence-corrected chi connectivity index (χ3v) is 6.61. The van der Waals surface area contributed by atoms with Crippen LogP contribution in [-0.2, 0) is 22.7 Å². The van der Waals surface area contributed by atoms with Crippen LogP contribution in [0.5, 0.6) is 0 Å². The molecule has 2 saturated carbocycles. The SMILES string of the molecule is Cl.Cl.NC1CCC(NC(=O)OCc2ccccc2)CC1.NC1CCC(NC(=O)OCc2ccccc2)CC1. The van der Waals surface area contributed by atoms with Crippen molar-refractivity contribution in [1.29, 1.82) is 0 Å². The highest BCUT2D eigenvalue weighted by Crippen LogP contribution is 2.18. The molecule has 0 saturated heterocycles. The smallest absolute Gasteiger partial charge is 0.407 e. The number of hydrogen-bond donors (Lipinski definition) is 4. The third-order valence-electron chi connectivity index (χ3n) is 6.61. The summed E-state index contributed by atoms with van der Waals surface area (Å²) in [6.07, 6.45) is 7.02. The molecule has 0 aromatic heterocycles.